The van der Waals surface area contributed by atoms with Crippen LogP contribution in [0.3, 0.4) is 0 Å². The van der Waals surface area contributed by atoms with Gasteiger partial charge in [0.15, 0.2) is 18.1 Å². The van der Waals surface area contributed by atoms with Crippen molar-refractivity contribution in [3.8, 4) is 11.5 Å². The van der Waals surface area contributed by atoms with Crippen LogP contribution < -0.4 is 9.47 Å². The van der Waals surface area contributed by atoms with Crippen LogP contribution in [0.4, 0.5) is 0 Å². The maximum atomic E-state index is 12.4. The van der Waals surface area contributed by atoms with Crippen molar-refractivity contribution < 1.29 is 28.5 Å². The molecule has 0 atom stereocenters. The van der Waals surface area contributed by atoms with Crippen LogP contribution in [0, 0.1) is 6.92 Å². The number of aryl methyl sites for hydroxylation is 1. The fraction of sp³-hybridized carbons (Fsp3) is 0.240. The molecule has 0 fully saturated rings. The lowest BCUT2D eigenvalue weighted by molar-refractivity contribution is -0.147. The molecule has 0 amide bonds. The van der Waals surface area contributed by atoms with E-state index in [1.54, 1.807) is 6.07 Å². The highest BCUT2D eigenvalue weighted by atomic mass is 16.6. The molecule has 0 saturated carbocycles. The largest absolute Gasteiger partial charge is 0.493 e. The number of para-hydroxylation sites is 1. The lowest BCUT2D eigenvalue weighted by Gasteiger charge is -2.14. The molecule has 0 unspecified atom stereocenters. The van der Waals surface area contributed by atoms with E-state index in [1.165, 1.54) is 14.2 Å². The zero-order valence-electron chi connectivity index (χ0n) is 18.5. The normalized spacial score (nSPS) is 10.9. The average molecular weight is 435 g/mol. The van der Waals surface area contributed by atoms with E-state index in [2.05, 4.69) is 4.98 Å². The van der Waals surface area contributed by atoms with E-state index >= 15 is 0 Å². The summed E-state index contributed by atoms with van der Waals surface area (Å²) in [6.45, 7) is 3.23. The minimum Gasteiger partial charge on any atom is -0.493 e. The molecule has 7 heteroatoms. The van der Waals surface area contributed by atoms with Crippen LogP contribution in [-0.2, 0) is 20.9 Å². The van der Waals surface area contributed by atoms with Crippen LogP contribution >= 0.6 is 0 Å². The molecule has 2 aromatic carbocycles. The van der Waals surface area contributed by atoms with Gasteiger partial charge in [-0.25, -0.2) is 14.6 Å². The number of esters is 2. The first-order valence-electron chi connectivity index (χ1n) is 10.0. The first-order valence-corrected chi connectivity index (χ1v) is 10.0. The number of ether oxygens (including phenoxy) is 4. The summed E-state index contributed by atoms with van der Waals surface area (Å²) in [6.07, 6.45) is 3.84. The molecule has 3 aromatic rings. The Bertz CT molecular complexity index is 1170. The van der Waals surface area contributed by atoms with Crippen LogP contribution in [0.1, 0.15) is 34.1 Å². The van der Waals surface area contributed by atoms with Gasteiger partial charge in [-0.05, 0) is 43.2 Å². The van der Waals surface area contributed by atoms with Gasteiger partial charge >= 0.3 is 11.9 Å². The Hall–Kier alpha value is -3.87. The Morgan fingerprint density at radius 1 is 1.06 bits per heavy atom. The standard InChI is InChI=1S/C25H25NO6/c1-5-8-17-11-12-21(22(13-17)29-3)31-15-23(27)32-14-20-24(25(28)30-4)16(2)18-9-6-7-10-19(18)26-20/h5-13H,14-15H2,1-4H3/b8-5+. The number of fused-ring (bicyclic) bond motifs is 1. The molecule has 0 spiro atoms. The summed E-state index contributed by atoms with van der Waals surface area (Å²) in [4.78, 5) is 29.2. The van der Waals surface area contributed by atoms with Crippen LogP contribution in [0.25, 0.3) is 17.0 Å². The Morgan fingerprint density at radius 3 is 2.56 bits per heavy atom. The van der Waals surface area contributed by atoms with Gasteiger partial charge in [-0.3, -0.25) is 0 Å². The zero-order valence-corrected chi connectivity index (χ0v) is 18.5. The second-order valence-corrected chi connectivity index (χ2v) is 6.93. The molecule has 7 nitrogen and oxygen atoms in total. The highest BCUT2D eigenvalue weighted by Crippen LogP contribution is 2.29. The lowest BCUT2D eigenvalue weighted by atomic mass is 10.0. The maximum absolute atomic E-state index is 12.4. The number of hydrogen-bond acceptors (Lipinski definition) is 7. The number of benzene rings is 2. The summed E-state index contributed by atoms with van der Waals surface area (Å²) < 4.78 is 21.1. The van der Waals surface area contributed by atoms with E-state index < -0.39 is 11.9 Å². The number of hydrogen-bond donors (Lipinski definition) is 0. The van der Waals surface area contributed by atoms with Crippen molar-refractivity contribution in [2.75, 3.05) is 20.8 Å². The summed E-state index contributed by atoms with van der Waals surface area (Å²) in [5.41, 5.74) is 2.99. The van der Waals surface area contributed by atoms with Gasteiger partial charge in [0.1, 0.15) is 6.61 Å². The smallest absolute Gasteiger partial charge is 0.344 e. The molecular formula is C25H25NO6. The molecule has 1 heterocycles. The summed E-state index contributed by atoms with van der Waals surface area (Å²) in [7, 11) is 2.83. The Balaban J connectivity index is 1.73. The van der Waals surface area contributed by atoms with E-state index in [9.17, 15) is 9.59 Å². The van der Waals surface area contributed by atoms with Crippen molar-refractivity contribution in [1.29, 1.82) is 0 Å². The third kappa shape index (κ3) is 5.06. The van der Waals surface area contributed by atoms with Crippen LogP contribution in [-0.4, -0.2) is 37.7 Å². The first-order chi connectivity index (χ1) is 15.5. The van der Waals surface area contributed by atoms with Crippen molar-refractivity contribution >= 4 is 28.9 Å². The average Bonchev–Trinajstić information content (AvgIpc) is 2.81. The van der Waals surface area contributed by atoms with Gasteiger partial charge in [0.05, 0.1) is 31.0 Å². The zero-order chi connectivity index (χ0) is 23.1. The molecule has 1 aromatic heterocycles. The van der Waals surface area contributed by atoms with Gasteiger partial charge in [0.25, 0.3) is 0 Å². The third-order valence-electron chi connectivity index (χ3n) is 4.88. The first kappa shape index (κ1) is 22.8. The van der Waals surface area contributed by atoms with E-state index in [0.717, 1.165) is 16.5 Å². The molecule has 0 aliphatic heterocycles. The number of allylic oxidation sites excluding steroid dienone is 1. The highest BCUT2D eigenvalue weighted by Gasteiger charge is 2.20. The number of carbonyl (C=O) groups excluding carboxylic acids is 2. The fourth-order valence-electron chi connectivity index (χ4n) is 3.34. The minimum absolute atomic E-state index is 0.185. The van der Waals surface area contributed by atoms with E-state index in [1.807, 2.05) is 62.4 Å². The Labute approximate surface area is 186 Å². The topological polar surface area (TPSA) is 84.0 Å². The molecule has 0 aliphatic rings. The van der Waals surface area contributed by atoms with Crippen molar-refractivity contribution in [3.05, 3.63) is 70.9 Å². The van der Waals surface area contributed by atoms with Crippen LogP contribution in [0.15, 0.2) is 48.5 Å². The number of aromatic nitrogens is 1. The molecule has 3 rings (SSSR count). The second-order valence-electron chi connectivity index (χ2n) is 6.93. The van der Waals surface area contributed by atoms with Gasteiger partial charge in [-0.2, -0.15) is 0 Å². The predicted octanol–water partition coefficient (Wildman–Crippen LogP) is 4.49. The van der Waals surface area contributed by atoms with E-state index in [0.29, 0.717) is 28.3 Å². The summed E-state index contributed by atoms with van der Waals surface area (Å²) in [6, 6.07) is 12.8. The molecule has 0 N–H and O–H groups in total. The van der Waals surface area contributed by atoms with Crippen LogP contribution in [0.5, 0.6) is 11.5 Å². The molecule has 0 aliphatic carbocycles. The molecule has 166 valence electrons. The Kier molecular flexibility index (Phi) is 7.44. The maximum Gasteiger partial charge on any atom is 0.344 e. The van der Waals surface area contributed by atoms with Crippen molar-refractivity contribution in [2.24, 2.45) is 0 Å². The van der Waals surface area contributed by atoms with Gasteiger partial charge in [0.2, 0.25) is 0 Å². The third-order valence-corrected chi connectivity index (χ3v) is 4.88. The van der Waals surface area contributed by atoms with Gasteiger partial charge in [-0.15, -0.1) is 0 Å². The van der Waals surface area contributed by atoms with E-state index in [4.69, 9.17) is 18.9 Å². The number of methoxy groups -OCH3 is 2. The van der Waals surface area contributed by atoms with Gasteiger partial charge in [0, 0.05) is 5.39 Å². The van der Waals surface area contributed by atoms with Crippen LogP contribution in [0.2, 0.25) is 0 Å². The number of rotatable bonds is 8. The molecular weight excluding hydrogens is 410 g/mol. The molecule has 32 heavy (non-hydrogen) atoms. The summed E-state index contributed by atoms with van der Waals surface area (Å²) in [5, 5.41) is 0.833. The van der Waals surface area contributed by atoms with Gasteiger partial charge < -0.3 is 18.9 Å². The lowest BCUT2D eigenvalue weighted by Crippen LogP contribution is -2.18. The quantitative estimate of drug-likeness (QED) is 0.482. The Morgan fingerprint density at radius 2 is 1.84 bits per heavy atom. The summed E-state index contributed by atoms with van der Waals surface area (Å²) >= 11 is 0. The van der Waals surface area contributed by atoms with Crippen molar-refractivity contribution in [1.82, 2.24) is 4.98 Å². The van der Waals surface area contributed by atoms with Crippen molar-refractivity contribution in [3.63, 3.8) is 0 Å². The molecule has 0 radical (unpaired) electrons. The predicted molar refractivity (Wildman–Crippen MR) is 121 cm³/mol. The monoisotopic (exact) mass is 435 g/mol. The summed E-state index contributed by atoms with van der Waals surface area (Å²) in [5.74, 6) is -0.206. The number of nitrogens with zero attached hydrogens (tertiary/aromatic N) is 1. The SMILES string of the molecule is C/C=C/c1ccc(OCC(=O)OCc2nc3ccccc3c(C)c2C(=O)OC)c(OC)c1. The van der Waals surface area contributed by atoms with E-state index in [-0.39, 0.29) is 13.2 Å². The second kappa shape index (κ2) is 10.4. The highest BCUT2D eigenvalue weighted by molar-refractivity contribution is 5.98. The number of carbonyl (C=O) groups is 2. The minimum atomic E-state index is -0.604. The van der Waals surface area contributed by atoms with Crippen molar-refractivity contribution in [2.45, 2.75) is 20.5 Å². The number of pyridine rings is 1. The molecule has 0 saturated heterocycles. The molecule has 0 bridgehead atoms. The fourth-order valence-corrected chi connectivity index (χ4v) is 3.34. The van der Waals surface area contributed by atoms with Gasteiger partial charge in [-0.1, -0.05) is 36.4 Å².